The summed E-state index contributed by atoms with van der Waals surface area (Å²) in [5.41, 5.74) is 0.438. The van der Waals surface area contributed by atoms with Gasteiger partial charge in [-0.15, -0.1) is 0 Å². The zero-order valence-corrected chi connectivity index (χ0v) is 13.3. The molecule has 5 nitrogen and oxygen atoms in total. The predicted molar refractivity (Wildman–Crippen MR) is 82.7 cm³/mol. The van der Waals surface area contributed by atoms with Gasteiger partial charge in [0.1, 0.15) is 17.1 Å². The number of Topliss-reactive ketones (excluding diaryl/α,β-unsaturated/α-hetero) is 1. The first-order chi connectivity index (χ1) is 10.2. The lowest BCUT2D eigenvalue weighted by Gasteiger charge is -2.33. The molecule has 1 unspecified atom stereocenters. The topological polar surface area (TPSA) is 66.8 Å². The molecule has 1 aromatic rings. The number of nitrogens with zero attached hydrogens (tertiary/aromatic N) is 1. The Morgan fingerprint density at radius 2 is 1.95 bits per heavy atom. The zero-order chi connectivity index (χ0) is 16.3. The molecule has 0 aliphatic carbocycles. The zero-order valence-electron chi connectivity index (χ0n) is 13.3. The van der Waals surface area contributed by atoms with Crippen LogP contribution in [-0.4, -0.2) is 40.6 Å². The number of hydrogen-bond donors (Lipinski definition) is 1. The van der Waals surface area contributed by atoms with E-state index in [4.69, 9.17) is 4.74 Å². The van der Waals surface area contributed by atoms with Crippen molar-refractivity contribution < 1.29 is 19.4 Å². The largest absolute Gasteiger partial charge is 0.508 e. The first-order valence-electron chi connectivity index (χ1n) is 7.53. The van der Waals surface area contributed by atoms with Gasteiger partial charge in [0.25, 0.3) is 0 Å². The van der Waals surface area contributed by atoms with Gasteiger partial charge in [-0.05, 0) is 44.9 Å². The minimum absolute atomic E-state index is 0.174. The third kappa shape index (κ3) is 4.48. The lowest BCUT2D eigenvalue weighted by Crippen LogP contribution is -2.46. The molecular weight excluding hydrogens is 282 g/mol. The van der Waals surface area contributed by atoms with Gasteiger partial charge in [-0.25, -0.2) is 4.79 Å². The summed E-state index contributed by atoms with van der Waals surface area (Å²) < 4.78 is 5.37. The van der Waals surface area contributed by atoms with E-state index in [9.17, 15) is 14.7 Å². The van der Waals surface area contributed by atoms with Crippen molar-refractivity contribution in [2.24, 2.45) is 5.92 Å². The monoisotopic (exact) mass is 305 g/mol. The van der Waals surface area contributed by atoms with E-state index >= 15 is 0 Å². The lowest BCUT2D eigenvalue weighted by atomic mass is 9.90. The third-order valence-corrected chi connectivity index (χ3v) is 3.59. The Morgan fingerprint density at radius 3 is 2.55 bits per heavy atom. The molecule has 1 heterocycles. The van der Waals surface area contributed by atoms with Crippen LogP contribution in [0.5, 0.6) is 5.75 Å². The van der Waals surface area contributed by atoms with Gasteiger partial charge in [0.15, 0.2) is 0 Å². The number of ketones is 1. The van der Waals surface area contributed by atoms with Crippen molar-refractivity contribution in [2.45, 2.75) is 39.2 Å². The quantitative estimate of drug-likeness (QED) is 0.912. The molecule has 0 aromatic heterocycles. The van der Waals surface area contributed by atoms with E-state index in [1.807, 2.05) is 20.8 Å². The highest BCUT2D eigenvalue weighted by Crippen LogP contribution is 2.21. The van der Waals surface area contributed by atoms with Gasteiger partial charge in [-0.2, -0.15) is 0 Å². The highest BCUT2D eigenvalue weighted by atomic mass is 16.6. The lowest BCUT2D eigenvalue weighted by molar-refractivity contribution is -0.125. The number of benzene rings is 1. The highest BCUT2D eigenvalue weighted by molar-refractivity contribution is 5.84. The Kier molecular flexibility index (Phi) is 4.74. The Balaban J connectivity index is 2.00. The number of likely N-dealkylation sites (tertiary alicyclic amines) is 1. The van der Waals surface area contributed by atoms with E-state index in [0.717, 1.165) is 5.56 Å². The molecule has 1 aliphatic heterocycles. The van der Waals surface area contributed by atoms with Gasteiger partial charge < -0.3 is 14.7 Å². The molecule has 0 saturated carbocycles. The summed E-state index contributed by atoms with van der Waals surface area (Å²) >= 11 is 0. The van der Waals surface area contributed by atoms with Gasteiger partial charge in [-0.3, -0.25) is 4.79 Å². The molecule has 1 N–H and O–H groups in total. The summed E-state index contributed by atoms with van der Waals surface area (Å²) in [6.45, 7) is 6.28. The fourth-order valence-corrected chi connectivity index (χ4v) is 2.50. The summed E-state index contributed by atoms with van der Waals surface area (Å²) in [6, 6.07) is 6.81. The summed E-state index contributed by atoms with van der Waals surface area (Å²) in [6.07, 6.45) is 0.566. The van der Waals surface area contributed by atoms with Crippen molar-refractivity contribution in [2.75, 3.05) is 13.1 Å². The fourth-order valence-electron chi connectivity index (χ4n) is 2.50. The number of aromatic hydroxyl groups is 1. The van der Waals surface area contributed by atoms with Crippen LogP contribution in [0.3, 0.4) is 0 Å². The van der Waals surface area contributed by atoms with Crippen LogP contribution in [0, 0.1) is 5.92 Å². The number of rotatable bonds is 2. The first-order valence-corrected chi connectivity index (χ1v) is 7.53. The van der Waals surface area contributed by atoms with Crippen LogP contribution >= 0.6 is 0 Å². The van der Waals surface area contributed by atoms with E-state index in [-0.39, 0.29) is 23.5 Å². The normalized spacial score (nSPS) is 19.1. The first kappa shape index (κ1) is 16.3. The van der Waals surface area contributed by atoms with Crippen LogP contribution in [0.25, 0.3) is 0 Å². The fraction of sp³-hybridized carbons (Fsp3) is 0.529. The van der Waals surface area contributed by atoms with Crippen molar-refractivity contribution in [3.8, 4) is 5.75 Å². The molecule has 1 amide bonds. The molecule has 1 fully saturated rings. The molecule has 5 heteroatoms. The third-order valence-electron chi connectivity index (χ3n) is 3.59. The van der Waals surface area contributed by atoms with Crippen LogP contribution in [0.1, 0.15) is 32.8 Å². The van der Waals surface area contributed by atoms with Crippen molar-refractivity contribution in [3.63, 3.8) is 0 Å². The molecule has 1 saturated heterocycles. The van der Waals surface area contributed by atoms with E-state index in [1.54, 1.807) is 29.2 Å². The van der Waals surface area contributed by atoms with E-state index in [1.165, 1.54) is 0 Å². The predicted octanol–water partition coefficient (Wildman–Crippen LogP) is 2.76. The van der Waals surface area contributed by atoms with Crippen molar-refractivity contribution in [1.82, 2.24) is 4.90 Å². The average molecular weight is 305 g/mol. The van der Waals surface area contributed by atoms with Crippen LogP contribution in [0.2, 0.25) is 0 Å². The number of phenolic OH excluding ortho intramolecular Hbond substituents is 1. The maximum atomic E-state index is 12.1. The Bertz CT molecular complexity index is 545. The van der Waals surface area contributed by atoms with Crippen LogP contribution < -0.4 is 0 Å². The summed E-state index contributed by atoms with van der Waals surface area (Å²) in [5, 5.41) is 9.30. The number of carbonyl (C=O) groups excluding carboxylic acids is 2. The van der Waals surface area contributed by atoms with Gasteiger partial charge in [0.2, 0.25) is 0 Å². The van der Waals surface area contributed by atoms with Crippen LogP contribution in [-0.2, 0) is 16.0 Å². The minimum atomic E-state index is -0.537. The molecule has 2 rings (SSSR count). The second kappa shape index (κ2) is 6.38. The van der Waals surface area contributed by atoms with Crippen LogP contribution in [0.4, 0.5) is 4.79 Å². The molecule has 1 aromatic carbocycles. The minimum Gasteiger partial charge on any atom is -0.508 e. The Hall–Kier alpha value is -2.04. The number of phenols is 1. The van der Waals surface area contributed by atoms with E-state index < -0.39 is 5.60 Å². The summed E-state index contributed by atoms with van der Waals surface area (Å²) in [4.78, 5) is 25.8. The molecule has 1 aliphatic rings. The second-order valence-corrected chi connectivity index (χ2v) is 6.71. The number of hydrogen-bond acceptors (Lipinski definition) is 4. The Labute approximate surface area is 130 Å². The average Bonchev–Trinajstić information content (AvgIpc) is 2.41. The molecule has 0 spiro atoms. The van der Waals surface area contributed by atoms with Gasteiger partial charge >= 0.3 is 6.09 Å². The van der Waals surface area contributed by atoms with Gasteiger partial charge in [0, 0.05) is 25.4 Å². The maximum absolute atomic E-state index is 12.1. The molecule has 120 valence electrons. The summed E-state index contributed by atoms with van der Waals surface area (Å²) in [5.74, 6) is 0.160. The highest BCUT2D eigenvalue weighted by Gasteiger charge is 2.32. The summed E-state index contributed by atoms with van der Waals surface area (Å²) in [7, 11) is 0. The van der Waals surface area contributed by atoms with Gasteiger partial charge in [-0.1, -0.05) is 12.1 Å². The van der Waals surface area contributed by atoms with E-state index in [2.05, 4.69) is 0 Å². The van der Waals surface area contributed by atoms with Crippen molar-refractivity contribution in [3.05, 3.63) is 29.8 Å². The van der Waals surface area contributed by atoms with Crippen LogP contribution in [0.15, 0.2) is 24.3 Å². The standard InChI is InChI=1S/C17H23NO4/c1-17(2,3)22-16(21)18-9-8-15(20)13(11-18)10-12-4-6-14(19)7-5-12/h4-7,13,19H,8-11H2,1-3H3. The maximum Gasteiger partial charge on any atom is 0.410 e. The smallest absolute Gasteiger partial charge is 0.410 e. The number of piperidine rings is 1. The molecule has 0 bridgehead atoms. The molecular formula is C17H23NO4. The van der Waals surface area contributed by atoms with Gasteiger partial charge in [0.05, 0.1) is 0 Å². The number of carbonyl (C=O) groups is 2. The Morgan fingerprint density at radius 1 is 1.32 bits per heavy atom. The number of amides is 1. The molecule has 22 heavy (non-hydrogen) atoms. The SMILES string of the molecule is CC(C)(C)OC(=O)N1CCC(=O)C(Cc2ccc(O)cc2)C1. The van der Waals surface area contributed by atoms with E-state index in [0.29, 0.717) is 25.9 Å². The number of ether oxygens (including phenoxy) is 1. The van der Waals surface area contributed by atoms with Crippen molar-refractivity contribution in [1.29, 1.82) is 0 Å². The molecule has 0 radical (unpaired) electrons. The van der Waals surface area contributed by atoms with Crippen molar-refractivity contribution >= 4 is 11.9 Å². The second-order valence-electron chi connectivity index (χ2n) is 6.71. The molecule has 1 atom stereocenters.